The lowest BCUT2D eigenvalue weighted by molar-refractivity contribution is 0.332. The summed E-state index contributed by atoms with van der Waals surface area (Å²) in [5.41, 5.74) is 7.84. The molecule has 0 amide bonds. The molecule has 1 fully saturated rings. The minimum absolute atomic E-state index is 0.0375. The van der Waals surface area contributed by atoms with Gasteiger partial charge in [0.2, 0.25) is 10.0 Å². The standard InChI is InChI=1S/C15H24N2O2S/c1-10-4-8-13(9-5-10)17-20(18,19)15-12(3)7-6-11(2)14(15)16/h6-7,10,13,17H,4-5,8-9,16H2,1-3H3. The summed E-state index contributed by atoms with van der Waals surface area (Å²) < 4.78 is 28.0. The number of nitrogens with two attached hydrogens (primary N) is 1. The lowest BCUT2D eigenvalue weighted by Crippen LogP contribution is -2.38. The average Bonchev–Trinajstić information content (AvgIpc) is 2.37. The first-order chi connectivity index (χ1) is 9.31. The van der Waals surface area contributed by atoms with Gasteiger partial charge < -0.3 is 5.73 Å². The van der Waals surface area contributed by atoms with Crippen molar-refractivity contribution < 1.29 is 8.42 Å². The Hall–Kier alpha value is -1.07. The molecule has 5 heteroatoms. The number of hydrogen-bond acceptors (Lipinski definition) is 3. The second-order valence-corrected chi connectivity index (χ2v) is 7.67. The van der Waals surface area contributed by atoms with Gasteiger partial charge in [-0.2, -0.15) is 0 Å². The van der Waals surface area contributed by atoms with Crippen LogP contribution in [-0.2, 0) is 10.0 Å². The van der Waals surface area contributed by atoms with Gasteiger partial charge in [0.15, 0.2) is 0 Å². The zero-order chi connectivity index (χ0) is 14.9. The fraction of sp³-hybridized carbons (Fsp3) is 0.600. The van der Waals surface area contributed by atoms with Crippen molar-refractivity contribution in [2.75, 3.05) is 5.73 Å². The Morgan fingerprint density at radius 1 is 1.10 bits per heavy atom. The Morgan fingerprint density at radius 2 is 1.65 bits per heavy atom. The molecule has 0 spiro atoms. The molecule has 1 aromatic rings. The minimum atomic E-state index is -3.54. The summed E-state index contributed by atoms with van der Waals surface area (Å²) in [6.07, 6.45) is 3.97. The van der Waals surface area contributed by atoms with Crippen molar-refractivity contribution in [3.8, 4) is 0 Å². The van der Waals surface area contributed by atoms with Crippen molar-refractivity contribution in [3.63, 3.8) is 0 Å². The second kappa shape index (κ2) is 5.74. The number of sulfonamides is 1. The molecule has 0 unspecified atom stereocenters. The third-order valence-electron chi connectivity index (χ3n) is 4.22. The molecule has 1 saturated carbocycles. The molecule has 1 aliphatic rings. The van der Waals surface area contributed by atoms with Gasteiger partial charge in [-0.05, 0) is 56.6 Å². The van der Waals surface area contributed by atoms with Crippen LogP contribution in [-0.4, -0.2) is 14.5 Å². The third-order valence-corrected chi connectivity index (χ3v) is 5.94. The SMILES string of the molecule is Cc1ccc(C)c(S(=O)(=O)NC2CCC(C)CC2)c1N. The minimum Gasteiger partial charge on any atom is -0.397 e. The number of hydrogen-bond donors (Lipinski definition) is 2. The third kappa shape index (κ3) is 3.15. The van der Waals surface area contributed by atoms with Gasteiger partial charge in [0.05, 0.1) is 5.69 Å². The van der Waals surface area contributed by atoms with E-state index < -0.39 is 10.0 Å². The number of nitrogen functional groups attached to an aromatic ring is 1. The van der Waals surface area contributed by atoms with Crippen LogP contribution in [0.1, 0.15) is 43.7 Å². The molecule has 1 aromatic carbocycles. The van der Waals surface area contributed by atoms with Gasteiger partial charge in [-0.3, -0.25) is 0 Å². The topological polar surface area (TPSA) is 72.2 Å². The largest absolute Gasteiger partial charge is 0.397 e. The lowest BCUT2D eigenvalue weighted by Gasteiger charge is -2.27. The highest BCUT2D eigenvalue weighted by atomic mass is 32.2. The van der Waals surface area contributed by atoms with Gasteiger partial charge >= 0.3 is 0 Å². The molecule has 1 aliphatic carbocycles. The molecule has 0 bridgehead atoms. The quantitative estimate of drug-likeness (QED) is 0.842. The summed E-state index contributed by atoms with van der Waals surface area (Å²) in [5.74, 6) is 0.696. The van der Waals surface area contributed by atoms with Crippen molar-refractivity contribution in [2.45, 2.75) is 57.4 Å². The number of benzene rings is 1. The fourth-order valence-electron chi connectivity index (χ4n) is 2.82. The molecule has 0 radical (unpaired) electrons. The van der Waals surface area contributed by atoms with Crippen LogP contribution in [0.5, 0.6) is 0 Å². The molecule has 20 heavy (non-hydrogen) atoms. The summed E-state index contributed by atoms with van der Waals surface area (Å²) in [6, 6.07) is 3.70. The number of nitrogens with one attached hydrogen (secondary N) is 1. The van der Waals surface area contributed by atoms with Gasteiger partial charge in [-0.25, -0.2) is 13.1 Å². The van der Waals surface area contributed by atoms with Crippen molar-refractivity contribution in [2.24, 2.45) is 5.92 Å². The van der Waals surface area contributed by atoms with Crippen LogP contribution < -0.4 is 10.5 Å². The highest BCUT2D eigenvalue weighted by molar-refractivity contribution is 7.89. The Kier molecular flexibility index (Phi) is 4.39. The van der Waals surface area contributed by atoms with E-state index in [1.165, 1.54) is 0 Å². The Morgan fingerprint density at radius 3 is 2.25 bits per heavy atom. The molecule has 0 heterocycles. The summed E-state index contributed by atoms with van der Waals surface area (Å²) in [7, 11) is -3.54. The van der Waals surface area contributed by atoms with Crippen LogP contribution in [0.4, 0.5) is 5.69 Å². The molecule has 2 rings (SSSR count). The molecule has 112 valence electrons. The number of anilines is 1. The lowest BCUT2D eigenvalue weighted by atomic mass is 9.88. The molecule has 0 aliphatic heterocycles. The summed E-state index contributed by atoms with van der Waals surface area (Å²) in [6.45, 7) is 5.83. The van der Waals surface area contributed by atoms with E-state index in [2.05, 4.69) is 11.6 Å². The first kappa shape index (κ1) is 15.3. The maximum absolute atomic E-state index is 12.6. The monoisotopic (exact) mass is 296 g/mol. The zero-order valence-electron chi connectivity index (χ0n) is 12.4. The zero-order valence-corrected chi connectivity index (χ0v) is 13.3. The van der Waals surface area contributed by atoms with Crippen LogP contribution in [0, 0.1) is 19.8 Å². The van der Waals surface area contributed by atoms with Crippen molar-refractivity contribution in [1.82, 2.24) is 4.72 Å². The van der Waals surface area contributed by atoms with E-state index in [-0.39, 0.29) is 10.9 Å². The van der Waals surface area contributed by atoms with E-state index in [1.807, 2.05) is 19.1 Å². The number of rotatable bonds is 3. The molecule has 3 N–H and O–H groups in total. The van der Waals surface area contributed by atoms with Gasteiger partial charge in [0, 0.05) is 6.04 Å². The average molecular weight is 296 g/mol. The molecule has 0 aromatic heterocycles. The summed E-state index contributed by atoms with van der Waals surface area (Å²) in [5, 5.41) is 0. The summed E-state index contributed by atoms with van der Waals surface area (Å²) in [4.78, 5) is 0.246. The van der Waals surface area contributed by atoms with Crippen LogP contribution in [0.3, 0.4) is 0 Å². The normalized spacial score (nSPS) is 23.8. The Bertz CT molecular complexity index is 588. The van der Waals surface area contributed by atoms with Gasteiger partial charge in [-0.1, -0.05) is 19.1 Å². The van der Waals surface area contributed by atoms with E-state index in [0.717, 1.165) is 31.2 Å². The first-order valence-electron chi connectivity index (χ1n) is 7.19. The first-order valence-corrected chi connectivity index (χ1v) is 8.67. The van der Waals surface area contributed by atoms with E-state index in [1.54, 1.807) is 6.92 Å². The predicted octanol–water partition coefficient (Wildman–Crippen LogP) is 2.74. The van der Waals surface area contributed by atoms with Crippen LogP contribution in [0.2, 0.25) is 0 Å². The van der Waals surface area contributed by atoms with Gasteiger partial charge in [-0.15, -0.1) is 0 Å². The summed E-state index contributed by atoms with van der Waals surface area (Å²) >= 11 is 0. The Balaban J connectivity index is 2.25. The predicted molar refractivity (Wildman–Crippen MR) is 82.1 cm³/mol. The highest BCUT2D eigenvalue weighted by Crippen LogP contribution is 2.28. The number of aryl methyl sites for hydroxylation is 2. The Labute approximate surface area is 121 Å². The molecular formula is C15H24N2O2S. The smallest absolute Gasteiger partial charge is 0.243 e. The highest BCUT2D eigenvalue weighted by Gasteiger charge is 2.27. The van der Waals surface area contributed by atoms with E-state index in [0.29, 0.717) is 17.2 Å². The van der Waals surface area contributed by atoms with E-state index in [9.17, 15) is 8.42 Å². The fourth-order valence-corrected chi connectivity index (χ4v) is 4.55. The maximum atomic E-state index is 12.6. The molecule has 0 saturated heterocycles. The van der Waals surface area contributed by atoms with Crippen molar-refractivity contribution >= 4 is 15.7 Å². The van der Waals surface area contributed by atoms with Crippen LogP contribution in [0.15, 0.2) is 17.0 Å². The molecule has 0 atom stereocenters. The van der Waals surface area contributed by atoms with Gasteiger partial charge in [0.1, 0.15) is 4.90 Å². The molecular weight excluding hydrogens is 272 g/mol. The van der Waals surface area contributed by atoms with E-state index in [4.69, 9.17) is 5.73 Å². The second-order valence-electron chi connectivity index (χ2n) is 6.02. The maximum Gasteiger partial charge on any atom is 0.243 e. The van der Waals surface area contributed by atoms with Crippen molar-refractivity contribution in [3.05, 3.63) is 23.3 Å². The molecule has 4 nitrogen and oxygen atoms in total. The van der Waals surface area contributed by atoms with Gasteiger partial charge in [0.25, 0.3) is 0 Å². The van der Waals surface area contributed by atoms with E-state index >= 15 is 0 Å². The van der Waals surface area contributed by atoms with Crippen LogP contribution >= 0.6 is 0 Å². The van der Waals surface area contributed by atoms with Crippen LogP contribution in [0.25, 0.3) is 0 Å². The van der Waals surface area contributed by atoms with Crippen molar-refractivity contribution in [1.29, 1.82) is 0 Å².